The molecule has 0 aliphatic heterocycles. The largest absolute Gasteiger partial charge is 0.272 e. The molecule has 2 saturated carbocycles. The molecule has 0 radical (unpaired) electrons. The van der Waals surface area contributed by atoms with Crippen LogP contribution >= 0.6 is 0 Å². The lowest BCUT2D eigenvalue weighted by Crippen LogP contribution is -2.38. The van der Waals surface area contributed by atoms with E-state index in [1.807, 2.05) is 0 Å². The van der Waals surface area contributed by atoms with Crippen molar-refractivity contribution in [2.75, 3.05) is 13.6 Å². The molecule has 2 unspecified atom stereocenters. The molecule has 3 rings (SSSR count). The van der Waals surface area contributed by atoms with E-state index in [1.54, 1.807) is 18.2 Å². The normalized spacial score (nSPS) is 28.7. The fourth-order valence-corrected chi connectivity index (χ4v) is 5.47. The molecule has 0 saturated heterocycles. The smallest absolute Gasteiger partial charge is 0.255 e. The lowest BCUT2D eigenvalue weighted by molar-refractivity contribution is -0.121. The van der Waals surface area contributed by atoms with Gasteiger partial charge in [-0.15, -0.1) is 0 Å². The second kappa shape index (κ2) is 6.46. The van der Waals surface area contributed by atoms with E-state index in [0.717, 1.165) is 22.9 Å². The molecule has 2 atom stereocenters. The van der Waals surface area contributed by atoms with Crippen molar-refractivity contribution >= 4 is 21.6 Å². The number of rotatable bonds is 5. The fraction of sp³-hybridized carbons (Fsp3) is 0.579. The molecule has 1 N–H and O–H groups in total. The van der Waals surface area contributed by atoms with Gasteiger partial charge in [0.1, 0.15) is 0 Å². The maximum atomic E-state index is 12.5. The zero-order chi connectivity index (χ0) is 19.2. The highest BCUT2D eigenvalue weighted by atomic mass is 32.2. The maximum Gasteiger partial charge on any atom is 0.255 e. The molecular weight excluding hydrogens is 350 g/mol. The van der Waals surface area contributed by atoms with E-state index in [0.29, 0.717) is 5.92 Å². The number of carbonyl (C=O) groups excluding carboxylic acids is 1. The van der Waals surface area contributed by atoms with Gasteiger partial charge in [-0.1, -0.05) is 39.0 Å². The van der Waals surface area contributed by atoms with Crippen molar-refractivity contribution < 1.29 is 13.2 Å². The van der Waals surface area contributed by atoms with E-state index >= 15 is 0 Å². The number of carbonyl (C=O) groups is 1. The monoisotopic (exact) mass is 377 g/mol. The van der Waals surface area contributed by atoms with Crippen LogP contribution in [0.1, 0.15) is 40.0 Å². The van der Waals surface area contributed by atoms with Crippen LogP contribution < -0.4 is 5.43 Å². The minimum absolute atomic E-state index is 0.00691. The molecule has 1 amide bonds. The predicted octanol–water partition coefficient (Wildman–Crippen LogP) is 2.63. The average molecular weight is 378 g/mol. The highest BCUT2D eigenvalue weighted by molar-refractivity contribution is 7.89. The quantitative estimate of drug-likeness (QED) is 0.801. The fourth-order valence-electron chi connectivity index (χ4n) is 4.32. The summed E-state index contributed by atoms with van der Waals surface area (Å²) in [4.78, 5) is 12.4. The van der Waals surface area contributed by atoms with Gasteiger partial charge < -0.3 is 0 Å². The van der Waals surface area contributed by atoms with Crippen LogP contribution in [0.5, 0.6) is 0 Å². The molecule has 1 aromatic carbocycles. The Morgan fingerprint density at radius 2 is 1.92 bits per heavy atom. The first kappa shape index (κ1) is 19.0. The molecule has 1 aromatic rings. The van der Waals surface area contributed by atoms with Gasteiger partial charge in [-0.2, -0.15) is 9.41 Å². The second-order valence-corrected chi connectivity index (χ2v) is 10.2. The van der Waals surface area contributed by atoms with Crippen LogP contribution in [0.3, 0.4) is 0 Å². The molecule has 2 aliphatic carbocycles. The minimum Gasteiger partial charge on any atom is -0.272 e. The van der Waals surface area contributed by atoms with E-state index in [4.69, 9.17) is 0 Å². The molecule has 142 valence electrons. The zero-order valence-electron chi connectivity index (χ0n) is 15.8. The van der Waals surface area contributed by atoms with Gasteiger partial charge in [-0.05, 0) is 42.7 Å². The van der Waals surface area contributed by atoms with Crippen LogP contribution in [0.15, 0.2) is 40.3 Å². The summed E-state index contributed by atoms with van der Waals surface area (Å²) < 4.78 is 26.0. The number of nitrogens with zero attached hydrogens (tertiary/aromatic N) is 2. The molecule has 2 aliphatic rings. The van der Waals surface area contributed by atoms with Crippen molar-refractivity contribution in [2.24, 2.45) is 21.8 Å². The van der Waals surface area contributed by atoms with Gasteiger partial charge in [0.05, 0.1) is 11.4 Å². The van der Waals surface area contributed by atoms with E-state index in [2.05, 4.69) is 31.3 Å². The summed E-state index contributed by atoms with van der Waals surface area (Å²) in [5.74, 6) is 0.174. The summed E-state index contributed by atoms with van der Waals surface area (Å²) in [6.07, 6.45) is 3.19. The average Bonchev–Trinajstić information content (AvgIpc) is 2.93. The van der Waals surface area contributed by atoms with Gasteiger partial charge in [0, 0.05) is 18.2 Å². The van der Waals surface area contributed by atoms with E-state index in [-0.39, 0.29) is 22.3 Å². The Morgan fingerprint density at radius 1 is 1.27 bits per heavy atom. The van der Waals surface area contributed by atoms with Crippen LogP contribution in [-0.2, 0) is 14.8 Å². The number of sulfonamides is 1. The SMILES string of the molecule is CN(CC(=O)N/N=C1\CC2CCC1(C)C2(C)C)S(=O)(=O)c1ccccc1. The Labute approximate surface area is 155 Å². The standard InChI is InChI=1S/C19H27N3O3S/c1-18(2)14-10-11-19(18,3)16(12-14)20-21-17(23)13-22(4)26(24,25)15-8-6-5-7-9-15/h5-9,14H,10-13H2,1-4H3,(H,21,23)/b20-16+. The van der Waals surface area contributed by atoms with Crippen molar-refractivity contribution in [1.29, 1.82) is 0 Å². The van der Waals surface area contributed by atoms with Gasteiger partial charge in [0.15, 0.2) is 0 Å². The molecule has 6 nitrogen and oxygen atoms in total. The van der Waals surface area contributed by atoms with Crippen molar-refractivity contribution in [3.63, 3.8) is 0 Å². The number of hydrogen-bond donors (Lipinski definition) is 1. The summed E-state index contributed by atoms with van der Waals surface area (Å²) in [6, 6.07) is 8.10. The molecule has 26 heavy (non-hydrogen) atoms. The maximum absolute atomic E-state index is 12.5. The number of nitrogens with one attached hydrogen (secondary N) is 1. The first-order chi connectivity index (χ1) is 12.1. The van der Waals surface area contributed by atoms with Gasteiger partial charge >= 0.3 is 0 Å². The molecular formula is C19H27N3O3S. The summed E-state index contributed by atoms with van der Waals surface area (Å²) in [5, 5.41) is 4.38. The Bertz CT molecular complexity index is 833. The highest BCUT2D eigenvalue weighted by Gasteiger charge is 2.60. The highest BCUT2D eigenvalue weighted by Crippen LogP contribution is 2.63. The third-order valence-electron chi connectivity index (χ3n) is 6.65. The number of hydrazone groups is 1. The van der Waals surface area contributed by atoms with Crippen molar-refractivity contribution in [1.82, 2.24) is 9.73 Å². The Balaban J connectivity index is 1.65. The summed E-state index contributed by atoms with van der Waals surface area (Å²) in [7, 11) is -2.29. The molecule has 2 bridgehead atoms. The Hall–Kier alpha value is -1.73. The van der Waals surface area contributed by atoms with Crippen LogP contribution in [0.25, 0.3) is 0 Å². The lowest BCUT2D eigenvalue weighted by atomic mass is 9.70. The van der Waals surface area contributed by atoms with E-state index in [9.17, 15) is 13.2 Å². The van der Waals surface area contributed by atoms with E-state index in [1.165, 1.54) is 25.6 Å². The third-order valence-corrected chi connectivity index (χ3v) is 8.46. The molecule has 7 heteroatoms. The number of benzene rings is 1. The van der Waals surface area contributed by atoms with E-state index < -0.39 is 15.9 Å². The number of likely N-dealkylation sites (N-methyl/N-ethyl adjacent to an activating group) is 1. The number of amides is 1. The third kappa shape index (κ3) is 2.97. The van der Waals surface area contributed by atoms with Crippen LogP contribution in [0.4, 0.5) is 0 Å². The van der Waals surface area contributed by atoms with Gasteiger partial charge in [0.25, 0.3) is 5.91 Å². The Kier molecular flexibility index (Phi) is 4.73. The predicted molar refractivity (Wildman–Crippen MR) is 101 cm³/mol. The summed E-state index contributed by atoms with van der Waals surface area (Å²) in [5.41, 5.74) is 3.79. The Morgan fingerprint density at radius 3 is 2.46 bits per heavy atom. The topological polar surface area (TPSA) is 78.8 Å². The summed E-state index contributed by atoms with van der Waals surface area (Å²) >= 11 is 0. The summed E-state index contributed by atoms with van der Waals surface area (Å²) in [6.45, 7) is 6.50. The van der Waals surface area contributed by atoms with Crippen molar-refractivity contribution in [2.45, 2.75) is 44.9 Å². The van der Waals surface area contributed by atoms with Gasteiger partial charge in [-0.3, -0.25) is 4.79 Å². The van der Waals surface area contributed by atoms with Gasteiger partial charge in [-0.25, -0.2) is 13.8 Å². The minimum atomic E-state index is -3.69. The second-order valence-electron chi connectivity index (χ2n) is 8.16. The van der Waals surface area contributed by atoms with Crippen molar-refractivity contribution in [3.05, 3.63) is 30.3 Å². The molecule has 0 spiro atoms. The molecule has 2 fully saturated rings. The lowest BCUT2D eigenvalue weighted by Gasteiger charge is -2.34. The van der Waals surface area contributed by atoms with Crippen LogP contribution in [-0.4, -0.2) is 37.9 Å². The van der Waals surface area contributed by atoms with Crippen molar-refractivity contribution in [3.8, 4) is 0 Å². The molecule has 0 aromatic heterocycles. The molecule has 0 heterocycles. The zero-order valence-corrected chi connectivity index (χ0v) is 16.6. The van der Waals surface area contributed by atoms with Crippen LogP contribution in [0.2, 0.25) is 0 Å². The number of hydrogen-bond acceptors (Lipinski definition) is 4. The first-order valence-electron chi connectivity index (χ1n) is 8.96. The first-order valence-corrected chi connectivity index (χ1v) is 10.4. The van der Waals surface area contributed by atoms with Crippen LogP contribution in [0, 0.1) is 16.7 Å². The number of fused-ring (bicyclic) bond motifs is 2. The van der Waals surface area contributed by atoms with Gasteiger partial charge in [0.2, 0.25) is 10.0 Å².